The summed E-state index contributed by atoms with van der Waals surface area (Å²) in [6, 6.07) is 4.49. The Bertz CT molecular complexity index is 548. The average molecular weight is 232 g/mol. The number of aromatic carboxylic acids is 1. The maximum Gasteiger partial charge on any atom is 0.338 e. The zero-order chi connectivity index (χ0) is 12.3. The highest BCUT2D eigenvalue weighted by Gasteiger charge is 2.14. The molecule has 2 aromatic heterocycles. The molecule has 0 aliphatic heterocycles. The van der Waals surface area contributed by atoms with E-state index < -0.39 is 11.9 Å². The molecule has 2 heterocycles. The number of amides is 1. The molecule has 0 spiro atoms. The molecule has 86 valence electrons. The van der Waals surface area contributed by atoms with Crippen molar-refractivity contribution in [3.63, 3.8) is 0 Å². The lowest BCUT2D eigenvalue weighted by Crippen LogP contribution is -2.10. The van der Waals surface area contributed by atoms with E-state index in [-0.39, 0.29) is 11.3 Å². The predicted octanol–water partition coefficient (Wildman–Crippen LogP) is 1.63. The largest absolute Gasteiger partial charge is 0.478 e. The van der Waals surface area contributed by atoms with Crippen LogP contribution in [0.2, 0.25) is 0 Å². The van der Waals surface area contributed by atoms with E-state index in [0.29, 0.717) is 5.69 Å². The van der Waals surface area contributed by atoms with Gasteiger partial charge in [-0.05, 0) is 12.1 Å². The van der Waals surface area contributed by atoms with Crippen LogP contribution in [0, 0.1) is 0 Å². The Labute approximate surface area is 95.9 Å². The summed E-state index contributed by atoms with van der Waals surface area (Å²) >= 11 is 0. The first-order chi connectivity index (χ1) is 8.16. The van der Waals surface area contributed by atoms with Crippen molar-refractivity contribution >= 4 is 17.6 Å². The van der Waals surface area contributed by atoms with Gasteiger partial charge >= 0.3 is 5.97 Å². The third kappa shape index (κ3) is 2.49. The number of nitrogens with zero attached hydrogens (tertiary/aromatic N) is 1. The topological polar surface area (TPSA) is 92.4 Å². The molecule has 2 rings (SSSR count). The van der Waals surface area contributed by atoms with Gasteiger partial charge in [0.15, 0.2) is 5.76 Å². The molecule has 0 aromatic carbocycles. The van der Waals surface area contributed by atoms with E-state index in [1.54, 1.807) is 18.3 Å². The lowest BCUT2D eigenvalue weighted by molar-refractivity contribution is 0.0696. The molecule has 0 saturated heterocycles. The van der Waals surface area contributed by atoms with Crippen molar-refractivity contribution in [2.24, 2.45) is 0 Å². The van der Waals surface area contributed by atoms with Crippen LogP contribution in [0.25, 0.3) is 0 Å². The Balaban J connectivity index is 2.12. The summed E-state index contributed by atoms with van der Waals surface area (Å²) in [6.45, 7) is 0. The van der Waals surface area contributed by atoms with Crippen molar-refractivity contribution in [1.82, 2.24) is 4.98 Å². The minimum absolute atomic E-state index is 0.0637. The Morgan fingerprint density at radius 1 is 1.41 bits per heavy atom. The third-order valence-corrected chi connectivity index (χ3v) is 1.99. The fourth-order valence-electron chi connectivity index (χ4n) is 1.20. The maximum atomic E-state index is 11.6. The Kier molecular flexibility index (Phi) is 2.87. The van der Waals surface area contributed by atoms with E-state index in [9.17, 15) is 9.59 Å². The summed E-state index contributed by atoms with van der Waals surface area (Å²) in [5.41, 5.74) is 0.437. The molecule has 0 fully saturated rings. The number of pyridine rings is 1. The first-order valence-electron chi connectivity index (χ1n) is 4.70. The Morgan fingerprint density at radius 2 is 2.24 bits per heavy atom. The first kappa shape index (κ1) is 10.9. The monoisotopic (exact) mass is 232 g/mol. The second-order valence-electron chi connectivity index (χ2n) is 3.20. The molecule has 0 unspecified atom stereocenters. The molecule has 2 aromatic rings. The molecule has 2 N–H and O–H groups in total. The van der Waals surface area contributed by atoms with Gasteiger partial charge < -0.3 is 14.8 Å². The fourth-order valence-corrected chi connectivity index (χ4v) is 1.20. The second kappa shape index (κ2) is 4.48. The third-order valence-electron chi connectivity index (χ3n) is 1.99. The number of hydrogen-bond donors (Lipinski definition) is 2. The average Bonchev–Trinajstić information content (AvgIpc) is 2.79. The molecule has 1 amide bonds. The standard InChI is InChI=1S/C11H8N2O4/c14-10(13-8-2-1-3-12-5-8)9-4-7(6-17-9)11(15)16/h1-6H,(H,13,14)(H,15,16). The van der Waals surface area contributed by atoms with Gasteiger partial charge in [-0.25, -0.2) is 4.79 Å². The molecule has 0 aliphatic rings. The van der Waals surface area contributed by atoms with Crippen molar-refractivity contribution < 1.29 is 19.1 Å². The fraction of sp³-hybridized carbons (Fsp3) is 0. The van der Waals surface area contributed by atoms with Crippen LogP contribution in [0.3, 0.4) is 0 Å². The number of anilines is 1. The molecule has 6 nitrogen and oxygen atoms in total. The van der Waals surface area contributed by atoms with Crippen LogP contribution < -0.4 is 5.32 Å². The zero-order valence-electron chi connectivity index (χ0n) is 8.58. The van der Waals surface area contributed by atoms with Crippen molar-refractivity contribution in [2.45, 2.75) is 0 Å². The molecular weight excluding hydrogens is 224 g/mol. The summed E-state index contributed by atoms with van der Waals surface area (Å²) in [4.78, 5) is 26.0. The van der Waals surface area contributed by atoms with Gasteiger partial charge in [-0.3, -0.25) is 9.78 Å². The molecule has 0 saturated carbocycles. The minimum Gasteiger partial charge on any atom is -0.478 e. The second-order valence-corrected chi connectivity index (χ2v) is 3.20. The van der Waals surface area contributed by atoms with Crippen LogP contribution in [-0.4, -0.2) is 22.0 Å². The Hall–Kier alpha value is -2.63. The van der Waals surface area contributed by atoms with Crippen molar-refractivity contribution in [1.29, 1.82) is 0 Å². The number of aromatic nitrogens is 1. The normalized spacial score (nSPS) is 9.88. The van der Waals surface area contributed by atoms with Gasteiger partial charge in [-0.2, -0.15) is 0 Å². The van der Waals surface area contributed by atoms with E-state index in [1.165, 1.54) is 6.20 Å². The Morgan fingerprint density at radius 3 is 2.82 bits per heavy atom. The number of carboxylic acids is 1. The van der Waals surface area contributed by atoms with Crippen LogP contribution in [0.15, 0.2) is 41.3 Å². The highest BCUT2D eigenvalue weighted by atomic mass is 16.4. The number of furan rings is 1. The molecule has 17 heavy (non-hydrogen) atoms. The van der Waals surface area contributed by atoms with E-state index >= 15 is 0 Å². The predicted molar refractivity (Wildman–Crippen MR) is 57.9 cm³/mol. The molecule has 0 radical (unpaired) electrons. The van der Waals surface area contributed by atoms with Gasteiger partial charge in [0.1, 0.15) is 6.26 Å². The first-order valence-corrected chi connectivity index (χ1v) is 4.70. The van der Waals surface area contributed by atoms with Crippen LogP contribution in [0.1, 0.15) is 20.9 Å². The van der Waals surface area contributed by atoms with Crippen LogP contribution >= 0.6 is 0 Å². The van der Waals surface area contributed by atoms with Gasteiger partial charge in [0.05, 0.1) is 17.4 Å². The van der Waals surface area contributed by atoms with Crippen LogP contribution in [0.4, 0.5) is 5.69 Å². The lowest BCUT2D eigenvalue weighted by atomic mass is 10.3. The van der Waals surface area contributed by atoms with Crippen molar-refractivity contribution in [2.75, 3.05) is 5.32 Å². The molecule has 0 bridgehead atoms. The molecule has 0 atom stereocenters. The van der Waals surface area contributed by atoms with E-state index in [4.69, 9.17) is 9.52 Å². The highest BCUT2D eigenvalue weighted by Crippen LogP contribution is 2.11. The summed E-state index contributed by atoms with van der Waals surface area (Å²) in [6.07, 6.45) is 4.06. The van der Waals surface area contributed by atoms with E-state index in [1.807, 2.05) is 0 Å². The number of carboxylic acid groups (broad SMARTS) is 1. The zero-order valence-corrected chi connectivity index (χ0v) is 8.58. The molecule has 0 aliphatic carbocycles. The van der Waals surface area contributed by atoms with E-state index in [2.05, 4.69) is 10.3 Å². The number of carbonyl (C=O) groups is 2. The summed E-state index contributed by atoms with van der Waals surface area (Å²) in [7, 11) is 0. The van der Waals surface area contributed by atoms with Gasteiger partial charge in [0, 0.05) is 12.3 Å². The SMILES string of the molecule is O=C(O)c1coc(C(=O)Nc2cccnc2)c1. The van der Waals surface area contributed by atoms with Gasteiger partial charge in [-0.1, -0.05) is 0 Å². The number of carbonyl (C=O) groups excluding carboxylic acids is 1. The van der Waals surface area contributed by atoms with Crippen LogP contribution in [0.5, 0.6) is 0 Å². The van der Waals surface area contributed by atoms with Gasteiger partial charge in [-0.15, -0.1) is 0 Å². The number of hydrogen-bond acceptors (Lipinski definition) is 4. The van der Waals surface area contributed by atoms with Gasteiger partial charge in [0.25, 0.3) is 5.91 Å². The van der Waals surface area contributed by atoms with E-state index in [0.717, 1.165) is 12.3 Å². The summed E-state index contributed by atoms with van der Waals surface area (Å²) in [5.74, 6) is -1.73. The lowest BCUT2D eigenvalue weighted by Gasteiger charge is -2.00. The molecular formula is C11H8N2O4. The molecule has 6 heteroatoms. The van der Waals surface area contributed by atoms with Crippen molar-refractivity contribution in [3.8, 4) is 0 Å². The smallest absolute Gasteiger partial charge is 0.338 e. The summed E-state index contributed by atoms with van der Waals surface area (Å²) in [5, 5.41) is 11.2. The number of rotatable bonds is 3. The van der Waals surface area contributed by atoms with Crippen LogP contribution in [-0.2, 0) is 0 Å². The quantitative estimate of drug-likeness (QED) is 0.838. The minimum atomic E-state index is -1.14. The maximum absolute atomic E-state index is 11.6. The summed E-state index contributed by atoms with van der Waals surface area (Å²) < 4.78 is 4.85. The highest BCUT2D eigenvalue weighted by molar-refractivity contribution is 6.03. The van der Waals surface area contributed by atoms with Gasteiger partial charge in [0.2, 0.25) is 0 Å². The van der Waals surface area contributed by atoms with Crippen molar-refractivity contribution in [3.05, 3.63) is 48.2 Å². The number of nitrogens with one attached hydrogen (secondary N) is 1.